The fourth-order valence-electron chi connectivity index (χ4n) is 2.97. The SMILES string of the molecule is CCOC(=O)C(Nc1ccc(F)cc1)C1CCCCCC1. The summed E-state index contributed by atoms with van der Waals surface area (Å²) in [7, 11) is 0. The average Bonchev–Trinajstić information content (AvgIpc) is 2.76. The van der Waals surface area contributed by atoms with Crippen LogP contribution in [-0.2, 0) is 9.53 Å². The smallest absolute Gasteiger partial charge is 0.328 e. The maximum Gasteiger partial charge on any atom is 0.328 e. The van der Waals surface area contributed by atoms with Gasteiger partial charge in [0.2, 0.25) is 0 Å². The molecule has 1 aliphatic carbocycles. The van der Waals surface area contributed by atoms with Crippen molar-refractivity contribution in [3.63, 3.8) is 0 Å². The number of rotatable bonds is 5. The van der Waals surface area contributed by atoms with Crippen LogP contribution in [0, 0.1) is 11.7 Å². The fraction of sp³-hybridized carbons (Fsp3) is 0.588. The van der Waals surface area contributed by atoms with Gasteiger partial charge in [0.25, 0.3) is 0 Å². The quantitative estimate of drug-likeness (QED) is 0.655. The van der Waals surface area contributed by atoms with Crippen LogP contribution in [0.4, 0.5) is 10.1 Å². The predicted molar refractivity (Wildman–Crippen MR) is 81.6 cm³/mol. The number of hydrogen-bond acceptors (Lipinski definition) is 3. The maximum atomic E-state index is 13.0. The Kier molecular flexibility index (Phi) is 6.03. The average molecular weight is 293 g/mol. The first kappa shape index (κ1) is 15.8. The van der Waals surface area contributed by atoms with Crippen molar-refractivity contribution in [2.24, 2.45) is 5.92 Å². The van der Waals surface area contributed by atoms with Gasteiger partial charge in [-0.05, 0) is 49.9 Å². The number of ether oxygens (including phenoxy) is 1. The molecule has 0 bridgehead atoms. The van der Waals surface area contributed by atoms with E-state index in [1.54, 1.807) is 12.1 Å². The van der Waals surface area contributed by atoms with E-state index in [4.69, 9.17) is 4.74 Å². The maximum absolute atomic E-state index is 13.0. The first-order valence-electron chi connectivity index (χ1n) is 7.89. The summed E-state index contributed by atoms with van der Waals surface area (Å²) >= 11 is 0. The number of nitrogens with one attached hydrogen (secondary N) is 1. The summed E-state index contributed by atoms with van der Waals surface area (Å²) in [6.07, 6.45) is 6.87. The van der Waals surface area contributed by atoms with Gasteiger partial charge in [-0.1, -0.05) is 25.7 Å². The molecule has 0 spiro atoms. The Morgan fingerprint density at radius 1 is 1.24 bits per heavy atom. The van der Waals surface area contributed by atoms with Crippen LogP contribution < -0.4 is 5.32 Å². The van der Waals surface area contributed by atoms with Crippen LogP contribution in [0.3, 0.4) is 0 Å². The van der Waals surface area contributed by atoms with Crippen molar-refractivity contribution in [3.05, 3.63) is 30.1 Å². The summed E-state index contributed by atoms with van der Waals surface area (Å²) in [6.45, 7) is 2.20. The fourth-order valence-corrected chi connectivity index (χ4v) is 2.97. The van der Waals surface area contributed by atoms with Gasteiger partial charge in [0.1, 0.15) is 11.9 Å². The minimum Gasteiger partial charge on any atom is -0.464 e. The number of anilines is 1. The van der Waals surface area contributed by atoms with E-state index in [0.29, 0.717) is 6.61 Å². The van der Waals surface area contributed by atoms with E-state index in [1.807, 2.05) is 6.92 Å². The molecule has 0 amide bonds. The third-order valence-corrected chi connectivity index (χ3v) is 4.08. The molecule has 1 aromatic rings. The Labute approximate surface area is 125 Å². The summed E-state index contributed by atoms with van der Waals surface area (Å²) in [6, 6.07) is 5.79. The van der Waals surface area contributed by atoms with E-state index in [2.05, 4.69) is 5.32 Å². The van der Waals surface area contributed by atoms with Crippen LogP contribution >= 0.6 is 0 Å². The molecular formula is C17H24FNO2. The van der Waals surface area contributed by atoms with Gasteiger partial charge in [-0.15, -0.1) is 0 Å². The summed E-state index contributed by atoms with van der Waals surface area (Å²) in [5, 5.41) is 3.25. The third kappa shape index (κ3) is 4.73. The molecule has 1 atom stereocenters. The zero-order valence-corrected chi connectivity index (χ0v) is 12.6. The molecule has 1 aromatic carbocycles. The van der Waals surface area contributed by atoms with Crippen LogP contribution in [0.5, 0.6) is 0 Å². The number of esters is 1. The number of hydrogen-bond donors (Lipinski definition) is 1. The van der Waals surface area contributed by atoms with E-state index < -0.39 is 0 Å². The van der Waals surface area contributed by atoms with Crippen molar-refractivity contribution >= 4 is 11.7 Å². The second-order valence-electron chi connectivity index (χ2n) is 5.63. The Balaban J connectivity index is 2.10. The van der Waals surface area contributed by atoms with Gasteiger partial charge < -0.3 is 10.1 Å². The molecule has 21 heavy (non-hydrogen) atoms. The second kappa shape index (κ2) is 8.01. The molecule has 1 fully saturated rings. The molecule has 1 aliphatic rings. The van der Waals surface area contributed by atoms with E-state index in [9.17, 15) is 9.18 Å². The zero-order valence-electron chi connectivity index (χ0n) is 12.6. The predicted octanol–water partition coefficient (Wildman–Crippen LogP) is 4.14. The normalized spacial score (nSPS) is 17.8. The molecule has 3 nitrogen and oxygen atoms in total. The molecular weight excluding hydrogens is 269 g/mol. The molecule has 4 heteroatoms. The highest BCUT2D eigenvalue weighted by molar-refractivity contribution is 5.79. The molecule has 0 saturated heterocycles. The highest BCUT2D eigenvalue weighted by Crippen LogP contribution is 2.28. The Morgan fingerprint density at radius 2 is 1.86 bits per heavy atom. The van der Waals surface area contributed by atoms with Crippen LogP contribution in [-0.4, -0.2) is 18.6 Å². The topological polar surface area (TPSA) is 38.3 Å². The number of carbonyl (C=O) groups is 1. The lowest BCUT2D eigenvalue weighted by Crippen LogP contribution is -2.38. The van der Waals surface area contributed by atoms with Gasteiger partial charge in [0.05, 0.1) is 6.61 Å². The van der Waals surface area contributed by atoms with Gasteiger partial charge in [-0.25, -0.2) is 9.18 Å². The molecule has 0 aromatic heterocycles. The van der Waals surface area contributed by atoms with E-state index in [-0.39, 0.29) is 23.7 Å². The molecule has 116 valence electrons. The van der Waals surface area contributed by atoms with Gasteiger partial charge in [0.15, 0.2) is 0 Å². The Morgan fingerprint density at radius 3 is 2.43 bits per heavy atom. The van der Waals surface area contributed by atoms with Gasteiger partial charge >= 0.3 is 5.97 Å². The summed E-state index contributed by atoms with van der Waals surface area (Å²) in [5.74, 6) is -0.187. The summed E-state index contributed by atoms with van der Waals surface area (Å²) < 4.78 is 18.2. The number of halogens is 1. The van der Waals surface area contributed by atoms with E-state index in [1.165, 1.54) is 25.0 Å². The lowest BCUT2D eigenvalue weighted by Gasteiger charge is -2.26. The minimum absolute atomic E-state index is 0.200. The lowest BCUT2D eigenvalue weighted by molar-refractivity contribution is -0.145. The first-order valence-corrected chi connectivity index (χ1v) is 7.89. The highest BCUT2D eigenvalue weighted by atomic mass is 19.1. The van der Waals surface area contributed by atoms with Crippen molar-refractivity contribution < 1.29 is 13.9 Å². The molecule has 1 unspecified atom stereocenters. The first-order chi connectivity index (χ1) is 10.2. The van der Waals surface area contributed by atoms with Crippen molar-refractivity contribution in [1.29, 1.82) is 0 Å². The molecule has 1 saturated carbocycles. The minimum atomic E-state index is -0.339. The van der Waals surface area contributed by atoms with Gasteiger partial charge in [-0.3, -0.25) is 0 Å². The zero-order chi connectivity index (χ0) is 15.1. The van der Waals surface area contributed by atoms with Crippen molar-refractivity contribution in [1.82, 2.24) is 0 Å². The monoisotopic (exact) mass is 293 g/mol. The van der Waals surface area contributed by atoms with Crippen LogP contribution in [0.25, 0.3) is 0 Å². The molecule has 2 rings (SSSR count). The largest absolute Gasteiger partial charge is 0.464 e. The van der Waals surface area contributed by atoms with Crippen molar-refractivity contribution in [2.45, 2.75) is 51.5 Å². The van der Waals surface area contributed by atoms with Crippen molar-refractivity contribution in [2.75, 3.05) is 11.9 Å². The number of carbonyl (C=O) groups excluding carboxylic acids is 1. The van der Waals surface area contributed by atoms with E-state index in [0.717, 1.165) is 31.4 Å². The standard InChI is InChI=1S/C17H24FNO2/c1-2-21-17(20)16(13-7-5-3-4-6-8-13)19-15-11-9-14(18)10-12-15/h9-13,16,19H,2-8H2,1H3. The van der Waals surface area contributed by atoms with Gasteiger partial charge in [0, 0.05) is 5.69 Å². The lowest BCUT2D eigenvalue weighted by atomic mass is 9.91. The summed E-state index contributed by atoms with van der Waals surface area (Å²) in [5.41, 5.74) is 0.763. The second-order valence-corrected chi connectivity index (χ2v) is 5.63. The molecule has 0 radical (unpaired) electrons. The molecule has 0 aliphatic heterocycles. The summed E-state index contributed by atoms with van der Waals surface area (Å²) in [4.78, 5) is 12.3. The Hall–Kier alpha value is -1.58. The van der Waals surface area contributed by atoms with Crippen LogP contribution in [0.2, 0.25) is 0 Å². The highest BCUT2D eigenvalue weighted by Gasteiger charge is 2.29. The van der Waals surface area contributed by atoms with Gasteiger partial charge in [-0.2, -0.15) is 0 Å². The number of benzene rings is 1. The van der Waals surface area contributed by atoms with Crippen LogP contribution in [0.15, 0.2) is 24.3 Å². The van der Waals surface area contributed by atoms with E-state index >= 15 is 0 Å². The third-order valence-electron chi connectivity index (χ3n) is 4.08. The van der Waals surface area contributed by atoms with Crippen molar-refractivity contribution in [3.8, 4) is 0 Å². The molecule has 1 N–H and O–H groups in total. The van der Waals surface area contributed by atoms with Crippen LogP contribution in [0.1, 0.15) is 45.4 Å². The Bertz CT molecular complexity index is 439. The molecule has 0 heterocycles.